The molecule has 1 saturated heterocycles. The van der Waals surface area contributed by atoms with E-state index in [0.29, 0.717) is 44.5 Å². The molecular formula is C37H60N6O6. The molecule has 274 valence electrons. The lowest BCUT2D eigenvalue weighted by Gasteiger charge is -2.33. The van der Waals surface area contributed by atoms with Crippen molar-refractivity contribution in [1.82, 2.24) is 30.8 Å². The largest absolute Gasteiger partial charge is 0.344 e. The number of rotatable bonds is 22. The second kappa shape index (κ2) is 19.2. The first-order chi connectivity index (χ1) is 23.3. The van der Waals surface area contributed by atoms with Gasteiger partial charge in [0.2, 0.25) is 17.6 Å². The van der Waals surface area contributed by atoms with E-state index < -0.39 is 35.5 Å². The molecule has 2 amide bonds. The van der Waals surface area contributed by atoms with E-state index in [4.69, 9.17) is 0 Å². The van der Waals surface area contributed by atoms with Crippen LogP contribution in [0.3, 0.4) is 0 Å². The van der Waals surface area contributed by atoms with E-state index >= 15 is 0 Å². The zero-order valence-corrected chi connectivity index (χ0v) is 30.8. The summed E-state index contributed by atoms with van der Waals surface area (Å²) in [6, 6.07) is -1.54. The molecule has 2 aliphatic rings. The van der Waals surface area contributed by atoms with Gasteiger partial charge < -0.3 is 10.2 Å². The number of carbonyl (C=O) groups excluding carboxylic acids is 6. The van der Waals surface area contributed by atoms with Gasteiger partial charge in [-0.2, -0.15) is 5.21 Å². The molecule has 7 atom stereocenters. The number of Topliss-reactive ketones (excluding diaryl/α,β-unsaturated/α-hetero) is 4. The topological polar surface area (TPSA) is 172 Å². The Labute approximate surface area is 292 Å². The summed E-state index contributed by atoms with van der Waals surface area (Å²) in [6.07, 6.45) is 7.20. The van der Waals surface area contributed by atoms with Crippen LogP contribution in [-0.4, -0.2) is 79.1 Å². The Kier molecular flexibility index (Phi) is 15.7. The van der Waals surface area contributed by atoms with Gasteiger partial charge in [0.15, 0.2) is 17.4 Å². The standard InChI is InChI=1S/C37H60N6O6/c1-8-13-25(35(47)31(46)18-24(7)9-2)19-30(45)34-28-16-12-14-26(28)21-43(34)37(49)33(23(5)6)38-36(48)29(22(3)4)20-27(44)15-10-11-17-32-39-41-42-40-32/h22-26,28-29,33-34H,8-21H2,1-7H3,(H,38,48)(H,39,40,41,42)/t24-,25?,26?,28+,29-,33+,34+/m1/s1. The van der Waals surface area contributed by atoms with Crippen LogP contribution in [0, 0.1) is 41.4 Å². The summed E-state index contributed by atoms with van der Waals surface area (Å²) in [5.41, 5.74) is 0. The van der Waals surface area contributed by atoms with Crippen LogP contribution in [-0.2, 0) is 35.2 Å². The maximum atomic E-state index is 14.3. The number of nitrogens with zero attached hydrogens (tertiary/aromatic N) is 4. The van der Waals surface area contributed by atoms with Crippen molar-refractivity contribution >= 4 is 34.9 Å². The zero-order chi connectivity index (χ0) is 36.2. The van der Waals surface area contributed by atoms with E-state index in [2.05, 4.69) is 25.9 Å². The molecule has 1 aromatic rings. The average Bonchev–Trinajstić information content (AvgIpc) is 3.81. The van der Waals surface area contributed by atoms with Crippen LogP contribution >= 0.6 is 0 Å². The van der Waals surface area contributed by atoms with E-state index in [1.165, 1.54) is 0 Å². The minimum atomic E-state index is -0.863. The van der Waals surface area contributed by atoms with Crippen molar-refractivity contribution in [3.05, 3.63) is 5.82 Å². The van der Waals surface area contributed by atoms with Crippen LogP contribution in [0.5, 0.6) is 0 Å². The van der Waals surface area contributed by atoms with Gasteiger partial charge in [0, 0.05) is 50.5 Å². The molecule has 3 rings (SSSR count). The highest BCUT2D eigenvalue weighted by molar-refractivity contribution is 6.38. The lowest BCUT2D eigenvalue weighted by Crippen LogP contribution is -2.56. The number of nitrogens with one attached hydrogen (secondary N) is 2. The fourth-order valence-electron chi connectivity index (χ4n) is 7.60. The molecule has 1 aromatic heterocycles. The molecule has 0 spiro atoms. The normalized spacial score (nSPS) is 21.3. The third kappa shape index (κ3) is 11.1. The summed E-state index contributed by atoms with van der Waals surface area (Å²) in [7, 11) is 0. The Balaban J connectivity index is 1.71. The average molecular weight is 685 g/mol. The second-order valence-corrected chi connectivity index (χ2v) is 15.3. The third-order valence-corrected chi connectivity index (χ3v) is 10.8. The van der Waals surface area contributed by atoms with E-state index in [-0.39, 0.29) is 72.2 Å². The molecule has 2 unspecified atom stereocenters. The van der Waals surface area contributed by atoms with E-state index in [1.807, 2.05) is 48.5 Å². The van der Waals surface area contributed by atoms with Crippen LogP contribution in [0.2, 0.25) is 0 Å². The Morgan fingerprint density at radius 2 is 1.67 bits per heavy atom. The lowest BCUT2D eigenvalue weighted by molar-refractivity contribution is -0.145. The molecule has 1 aliphatic carbocycles. The van der Waals surface area contributed by atoms with Crippen molar-refractivity contribution in [2.45, 2.75) is 144 Å². The van der Waals surface area contributed by atoms with Crippen molar-refractivity contribution in [2.75, 3.05) is 6.54 Å². The maximum absolute atomic E-state index is 14.3. The molecular weight excluding hydrogens is 624 g/mol. The highest BCUT2D eigenvalue weighted by Crippen LogP contribution is 2.43. The fourth-order valence-corrected chi connectivity index (χ4v) is 7.60. The first-order valence-corrected chi connectivity index (χ1v) is 18.7. The maximum Gasteiger partial charge on any atom is 0.246 e. The number of tetrazole rings is 1. The van der Waals surface area contributed by atoms with Crippen LogP contribution in [0.1, 0.15) is 131 Å². The number of aromatic amines is 1. The van der Waals surface area contributed by atoms with Crippen LogP contribution in [0.15, 0.2) is 0 Å². The molecule has 1 aliphatic heterocycles. The van der Waals surface area contributed by atoms with E-state index in [0.717, 1.165) is 32.1 Å². The summed E-state index contributed by atoms with van der Waals surface area (Å²) >= 11 is 0. The molecule has 1 saturated carbocycles. The third-order valence-electron chi connectivity index (χ3n) is 10.8. The number of ketones is 4. The van der Waals surface area contributed by atoms with Crippen molar-refractivity contribution in [2.24, 2.45) is 41.4 Å². The summed E-state index contributed by atoms with van der Waals surface area (Å²) < 4.78 is 0. The van der Waals surface area contributed by atoms with Gasteiger partial charge in [-0.1, -0.05) is 72.9 Å². The smallest absolute Gasteiger partial charge is 0.246 e. The highest BCUT2D eigenvalue weighted by atomic mass is 16.2. The van der Waals surface area contributed by atoms with Gasteiger partial charge >= 0.3 is 0 Å². The van der Waals surface area contributed by atoms with Gasteiger partial charge in [-0.25, -0.2) is 0 Å². The molecule has 12 nitrogen and oxygen atoms in total. The number of hydrogen-bond acceptors (Lipinski definition) is 9. The summed E-state index contributed by atoms with van der Waals surface area (Å²) in [5.74, 6) is -2.44. The molecule has 2 heterocycles. The van der Waals surface area contributed by atoms with Gasteiger partial charge in [-0.05, 0) is 61.7 Å². The number of hydrogen-bond donors (Lipinski definition) is 2. The SMILES string of the molecule is CCCC(CC(=O)[C@@H]1[C@H]2CCCC2CN1C(=O)[C@@H](NC(=O)[C@H](CC(=O)CCCCc1nn[nH]n1)C(C)C)C(C)C)C(=O)C(=O)C[C@H](C)CC. The lowest BCUT2D eigenvalue weighted by atomic mass is 9.83. The predicted octanol–water partition coefficient (Wildman–Crippen LogP) is 4.86. The molecule has 2 fully saturated rings. The molecule has 49 heavy (non-hydrogen) atoms. The number of unbranched alkanes of at least 4 members (excludes halogenated alkanes) is 1. The Hall–Kier alpha value is -3.31. The Morgan fingerprint density at radius 3 is 2.29 bits per heavy atom. The van der Waals surface area contributed by atoms with Gasteiger partial charge in [-0.15, -0.1) is 10.2 Å². The van der Waals surface area contributed by atoms with Crippen molar-refractivity contribution in [1.29, 1.82) is 0 Å². The van der Waals surface area contributed by atoms with Crippen molar-refractivity contribution < 1.29 is 28.8 Å². The van der Waals surface area contributed by atoms with Gasteiger partial charge in [0.05, 0.1) is 6.04 Å². The Morgan fingerprint density at radius 1 is 0.939 bits per heavy atom. The van der Waals surface area contributed by atoms with E-state index in [1.54, 1.807) is 4.90 Å². The number of fused-ring (bicyclic) bond motifs is 1. The summed E-state index contributed by atoms with van der Waals surface area (Å²) in [5, 5.41) is 16.8. The number of carbonyl (C=O) groups is 6. The Bertz CT molecular complexity index is 1280. The number of aromatic nitrogens is 4. The highest BCUT2D eigenvalue weighted by Gasteiger charge is 2.51. The minimum absolute atomic E-state index is 0.00812. The van der Waals surface area contributed by atoms with Crippen LogP contribution in [0.4, 0.5) is 0 Å². The number of amides is 2. The number of H-pyrrole nitrogens is 1. The van der Waals surface area contributed by atoms with E-state index in [9.17, 15) is 28.8 Å². The van der Waals surface area contributed by atoms with Gasteiger partial charge in [0.1, 0.15) is 11.8 Å². The number of likely N-dealkylation sites (tertiary alicyclic amines) is 1. The molecule has 2 N–H and O–H groups in total. The fraction of sp³-hybridized carbons (Fsp3) is 0.811. The summed E-state index contributed by atoms with van der Waals surface area (Å²) in [4.78, 5) is 82.8. The number of aryl methyl sites for hydroxylation is 1. The molecule has 0 bridgehead atoms. The molecule has 0 radical (unpaired) electrons. The van der Waals surface area contributed by atoms with Crippen molar-refractivity contribution in [3.8, 4) is 0 Å². The van der Waals surface area contributed by atoms with Gasteiger partial charge in [0.25, 0.3) is 0 Å². The summed E-state index contributed by atoms with van der Waals surface area (Å²) in [6.45, 7) is 13.8. The second-order valence-electron chi connectivity index (χ2n) is 15.3. The monoisotopic (exact) mass is 684 g/mol. The molecule has 12 heteroatoms. The van der Waals surface area contributed by atoms with Crippen LogP contribution < -0.4 is 5.32 Å². The molecule has 0 aromatic carbocycles. The first kappa shape index (κ1) is 40.1. The van der Waals surface area contributed by atoms with Crippen LogP contribution in [0.25, 0.3) is 0 Å². The predicted molar refractivity (Wildman–Crippen MR) is 185 cm³/mol. The van der Waals surface area contributed by atoms with Gasteiger partial charge in [-0.3, -0.25) is 28.8 Å². The quantitative estimate of drug-likeness (QED) is 0.128. The van der Waals surface area contributed by atoms with Crippen molar-refractivity contribution in [3.63, 3.8) is 0 Å². The zero-order valence-electron chi connectivity index (χ0n) is 30.8. The first-order valence-electron chi connectivity index (χ1n) is 18.7. The minimum Gasteiger partial charge on any atom is -0.344 e.